The first-order valence-corrected chi connectivity index (χ1v) is 12.3. The third kappa shape index (κ3) is 4.13. The predicted octanol–water partition coefficient (Wildman–Crippen LogP) is 6.28. The lowest BCUT2D eigenvalue weighted by atomic mass is 10.1. The molecule has 0 amide bonds. The molecule has 170 valence electrons. The van der Waals surface area contributed by atoms with Crippen molar-refractivity contribution in [3.05, 3.63) is 106 Å². The Balaban J connectivity index is 1.67. The van der Waals surface area contributed by atoms with Gasteiger partial charge in [0.2, 0.25) is 10.0 Å². The van der Waals surface area contributed by atoms with Gasteiger partial charge in [-0.25, -0.2) is 14.8 Å². The summed E-state index contributed by atoms with van der Waals surface area (Å²) in [5.41, 5.74) is 3.29. The van der Waals surface area contributed by atoms with E-state index in [-0.39, 0.29) is 5.04 Å². The van der Waals surface area contributed by atoms with E-state index < -0.39 is 11.0 Å². The molecule has 2 aliphatic rings. The Morgan fingerprint density at radius 2 is 1.68 bits per heavy atom. The number of thioether (sulfide) groups is 1. The zero-order valence-corrected chi connectivity index (χ0v) is 21.1. The van der Waals surface area contributed by atoms with Crippen LogP contribution in [0.3, 0.4) is 0 Å². The van der Waals surface area contributed by atoms with Crippen LogP contribution in [0.2, 0.25) is 5.02 Å². The van der Waals surface area contributed by atoms with Crippen LogP contribution in [0.4, 0.5) is 11.4 Å². The van der Waals surface area contributed by atoms with Gasteiger partial charge >= 0.3 is 5.97 Å². The van der Waals surface area contributed by atoms with Crippen LogP contribution in [0.15, 0.2) is 106 Å². The summed E-state index contributed by atoms with van der Waals surface area (Å²) in [5.74, 6) is -0.516. The van der Waals surface area contributed by atoms with Crippen LogP contribution in [0.1, 0.15) is 5.56 Å². The molecule has 6 nitrogen and oxygen atoms in total. The summed E-state index contributed by atoms with van der Waals surface area (Å²) in [6.45, 7) is 0. The van der Waals surface area contributed by atoms with Crippen molar-refractivity contribution in [3.8, 4) is 0 Å². The first-order valence-electron chi connectivity index (χ1n) is 10.3. The highest BCUT2D eigenvalue weighted by atomic mass is 79.9. The number of allylic oxidation sites excluding steroid dienone is 1. The summed E-state index contributed by atoms with van der Waals surface area (Å²) in [4.78, 5) is 11.5. The highest BCUT2D eigenvalue weighted by Crippen LogP contribution is 2.48. The standard InChI is InChI=1S/C25H18BrClN4O2S/c1-33-24(32)23-29-31(21-9-5-6-19(27)16-21)25(34-23)15-14-22(17-10-12-18(26)13-11-17)28-30(25)20-7-3-2-4-8-20/h2-16H,1H3/t25-/m1/s1. The van der Waals surface area contributed by atoms with Gasteiger partial charge in [0.05, 0.1) is 24.2 Å². The highest BCUT2D eigenvalue weighted by molar-refractivity contribution is 9.10. The van der Waals surface area contributed by atoms with Crippen LogP contribution in [-0.4, -0.2) is 28.8 Å². The van der Waals surface area contributed by atoms with E-state index in [4.69, 9.17) is 21.4 Å². The third-order valence-electron chi connectivity index (χ3n) is 5.26. The minimum Gasteiger partial charge on any atom is -0.464 e. The molecule has 0 aliphatic carbocycles. The minimum atomic E-state index is -0.992. The second-order valence-electron chi connectivity index (χ2n) is 7.42. The smallest absolute Gasteiger partial charge is 0.365 e. The van der Waals surface area contributed by atoms with Crippen molar-refractivity contribution in [3.63, 3.8) is 0 Å². The van der Waals surface area contributed by atoms with Gasteiger partial charge in [0, 0.05) is 15.1 Å². The second-order valence-corrected chi connectivity index (χ2v) is 9.97. The summed E-state index contributed by atoms with van der Waals surface area (Å²) in [5, 5.41) is 14.1. The Bertz CT molecular complexity index is 1330. The van der Waals surface area contributed by atoms with E-state index in [1.807, 2.05) is 83.9 Å². The van der Waals surface area contributed by atoms with E-state index in [0.717, 1.165) is 21.4 Å². The van der Waals surface area contributed by atoms with E-state index in [9.17, 15) is 4.79 Å². The number of para-hydroxylation sites is 1. The largest absolute Gasteiger partial charge is 0.464 e. The quantitative estimate of drug-likeness (QED) is 0.356. The first-order chi connectivity index (χ1) is 16.5. The van der Waals surface area contributed by atoms with E-state index in [0.29, 0.717) is 10.7 Å². The van der Waals surface area contributed by atoms with Gasteiger partial charge in [0.1, 0.15) is 0 Å². The number of nitrogens with zero attached hydrogens (tertiary/aromatic N) is 4. The molecular formula is C25H18BrClN4O2S. The Morgan fingerprint density at radius 3 is 2.38 bits per heavy atom. The van der Waals surface area contributed by atoms with Crippen molar-refractivity contribution in [1.29, 1.82) is 0 Å². The van der Waals surface area contributed by atoms with Crippen molar-refractivity contribution in [1.82, 2.24) is 0 Å². The number of benzene rings is 3. The number of carbonyl (C=O) groups excluding carboxylic acids is 1. The SMILES string of the molecule is COC(=O)C1=NN(c2cccc(Cl)c2)[C@]2(C=CC(c3ccc(Br)cc3)=NN2c2ccccc2)S1. The van der Waals surface area contributed by atoms with Crippen LogP contribution >= 0.6 is 39.3 Å². The lowest BCUT2D eigenvalue weighted by molar-refractivity contribution is -0.132. The molecule has 2 aliphatic heterocycles. The summed E-state index contributed by atoms with van der Waals surface area (Å²) >= 11 is 11.1. The van der Waals surface area contributed by atoms with Gasteiger partial charge in [-0.15, -0.1) is 0 Å². The minimum absolute atomic E-state index is 0.218. The molecule has 0 bridgehead atoms. The molecule has 34 heavy (non-hydrogen) atoms. The Morgan fingerprint density at radius 1 is 0.971 bits per heavy atom. The summed E-state index contributed by atoms with van der Waals surface area (Å²) < 4.78 is 5.98. The average Bonchev–Trinajstić information content (AvgIpc) is 3.24. The van der Waals surface area contributed by atoms with Crippen LogP contribution < -0.4 is 10.0 Å². The highest BCUT2D eigenvalue weighted by Gasteiger charge is 2.51. The van der Waals surface area contributed by atoms with Crippen LogP contribution in [0, 0.1) is 0 Å². The van der Waals surface area contributed by atoms with Crippen molar-refractivity contribution >= 4 is 67.4 Å². The molecule has 0 aromatic heterocycles. The Hall–Kier alpha value is -3.07. The first kappa shape index (κ1) is 22.7. The molecule has 5 rings (SSSR count). The fraction of sp³-hybridized carbons (Fsp3) is 0.0800. The lowest BCUT2D eigenvalue weighted by Gasteiger charge is -2.43. The molecule has 1 spiro atoms. The fourth-order valence-corrected chi connectivity index (χ4v) is 5.31. The molecule has 3 aromatic carbocycles. The van der Waals surface area contributed by atoms with Crippen molar-refractivity contribution < 1.29 is 9.53 Å². The third-order valence-corrected chi connectivity index (χ3v) is 7.25. The molecule has 0 radical (unpaired) electrons. The molecular weight excluding hydrogens is 536 g/mol. The van der Waals surface area contributed by atoms with Gasteiger partial charge in [-0.05, 0) is 66.4 Å². The molecule has 0 fully saturated rings. The number of rotatable bonds is 4. The average molecular weight is 554 g/mol. The van der Waals surface area contributed by atoms with Crippen LogP contribution in [0.25, 0.3) is 0 Å². The number of hydrogen-bond acceptors (Lipinski definition) is 7. The molecule has 0 N–H and O–H groups in total. The molecule has 0 saturated carbocycles. The Kier molecular flexibility index (Phi) is 6.20. The molecule has 1 atom stereocenters. The van der Waals surface area contributed by atoms with Crippen molar-refractivity contribution in [2.45, 2.75) is 4.99 Å². The molecule has 9 heteroatoms. The van der Waals surface area contributed by atoms with E-state index in [2.05, 4.69) is 21.0 Å². The van der Waals surface area contributed by atoms with E-state index >= 15 is 0 Å². The number of anilines is 2. The number of hydrogen-bond donors (Lipinski definition) is 0. The van der Waals surface area contributed by atoms with Gasteiger partial charge in [-0.1, -0.05) is 63.9 Å². The fourth-order valence-electron chi connectivity index (χ4n) is 3.68. The topological polar surface area (TPSA) is 57.5 Å². The van der Waals surface area contributed by atoms with Gasteiger partial charge < -0.3 is 4.74 Å². The van der Waals surface area contributed by atoms with E-state index in [1.165, 1.54) is 18.9 Å². The predicted molar refractivity (Wildman–Crippen MR) is 142 cm³/mol. The molecule has 0 saturated heterocycles. The summed E-state index contributed by atoms with van der Waals surface area (Å²) in [7, 11) is 1.34. The van der Waals surface area contributed by atoms with Gasteiger partial charge in [0.25, 0.3) is 0 Å². The van der Waals surface area contributed by atoms with Crippen molar-refractivity contribution in [2.24, 2.45) is 10.2 Å². The zero-order chi connectivity index (χ0) is 23.7. The maximum Gasteiger partial charge on any atom is 0.365 e. The number of methoxy groups -OCH3 is 1. The summed E-state index contributed by atoms with van der Waals surface area (Å²) in [6, 6.07) is 25.1. The maximum absolute atomic E-state index is 12.5. The second kappa shape index (κ2) is 9.29. The molecule has 3 aromatic rings. The summed E-state index contributed by atoms with van der Waals surface area (Å²) in [6.07, 6.45) is 3.94. The normalized spacial score (nSPS) is 19.3. The van der Waals surface area contributed by atoms with E-state index in [1.54, 1.807) is 17.1 Å². The number of ether oxygens (including phenoxy) is 1. The molecule has 2 heterocycles. The van der Waals surface area contributed by atoms with Gasteiger partial charge in [0.15, 0.2) is 0 Å². The van der Waals surface area contributed by atoms with Gasteiger partial charge in [-0.3, -0.25) is 0 Å². The lowest BCUT2D eigenvalue weighted by Crippen LogP contribution is -2.53. The molecule has 0 unspecified atom stereocenters. The van der Waals surface area contributed by atoms with Crippen molar-refractivity contribution in [2.75, 3.05) is 17.1 Å². The number of halogens is 2. The van der Waals surface area contributed by atoms with Crippen LogP contribution in [-0.2, 0) is 9.53 Å². The number of hydrazone groups is 2. The number of esters is 1. The Labute approximate surface area is 214 Å². The number of carbonyl (C=O) groups is 1. The van der Waals surface area contributed by atoms with Gasteiger partial charge in [-0.2, -0.15) is 10.2 Å². The monoisotopic (exact) mass is 552 g/mol. The zero-order valence-electron chi connectivity index (χ0n) is 17.9. The van der Waals surface area contributed by atoms with Crippen LogP contribution in [0.5, 0.6) is 0 Å². The maximum atomic E-state index is 12.5.